The summed E-state index contributed by atoms with van der Waals surface area (Å²) in [6, 6.07) is 7.07. The van der Waals surface area contributed by atoms with E-state index in [9.17, 15) is 9.59 Å². The van der Waals surface area contributed by atoms with Gasteiger partial charge in [0, 0.05) is 23.5 Å². The van der Waals surface area contributed by atoms with Crippen LogP contribution >= 0.6 is 11.8 Å². The zero-order chi connectivity index (χ0) is 22.8. The number of esters is 1. The minimum Gasteiger partial charge on any atom is -0.459 e. The zero-order valence-electron chi connectivity index (χ0n) is 19.1. The number of allylic oxidation sites excluding steroid dienone is 1. The molecule has 1 saturated heterocycles. The molecule has 2 heterocycles. The second-order valence-corrected chi connectivity index (χ2v) is 10.2. The van der Waals surface area contributed by atoms with Crippen LogP contribution in [0.4, 0.5) is 10.5 Å². The van der Waals surface area contributed by atoms with Crippen molar-refractivity contribution in [2.24, 2.45) is 4.99 Å². The molecule has 0 radical (unpaired) electrons. The number of thioether (sulfide) groups is 1. The Hall–Kier alpha value is -2.48. The number of anilines is 1. The summed E-state index contributed by atoms with van der Waals surface area (Å²) in [7, 11) is 0. The molecule has 0 spiro atoms. The highest BCUT2D eigenvalue weighted by Crippen LogP contribution is 2.40. The summed E-state index contributed by atoms with van der Waals surface area (Å²) in [5.74, 6) is 0.662. The summed E-state index contributed by atoms with van der Waals surface area (Å²) in [5.41, 5.74) is 2.48. The lowest BCUT2D eigenvalue weighted by molar-refractivity contribution is -0.143. The fraction of sp³-hybridized carbons (Fsp3) is 0.522. The van der Waals surface area contributed by atoms with Crippen LogP contribution in [-0.4, -0.2) is 46.0 Å². The van der Waals surface area contributed by atoms with Gasteiger partial charge in [0.1, 0.15) is 0 Å². The first kappa shape index (κ1) is 23.2. The van der Waals surface area contributed by atoms with E-state index in [0.29, 0.717) is 17.0 Å². The third-order valence-corrected chi connectivity index (χ3v) is 5.85. The molecule has 0 saturated carbocycles. The van der Waals surface area contributed by atoms with Crippen molar-refractivity contribution in [3.63, 3.8) is 0 Å². The van der Waals surface area contributed by atoms with E-state index in [1.54, 1.807) is 11.8 Å². The molecule has 0 aliphatic carbocycles. The highest BCUT2D eigenvalue weighted by Gasteiger charge is 2.38. The van der Waals surface area contributed by atoms with E-state index >= 15 is 0 Å². The van der Waals surface area contributed by atoms with Crippen molar-refractivity contribution < 1.29 is 14.3 Å². The van der Waals surface area contributed by atoms with Crippen LogP contribution in [0.3, 0.4) is 0 Å². The smallest absolute Gasteiger partial charge is 0.338 e. The van der Waals surface area contributed by atoms with Crippen LogP contribution < -0.4 is 10.6 Å². The van der Waals surface area contributed by atoms with Gasteiger partial charge in [0.25, 0.3) is 0 Å². The standard InChI is InChI=1S/C23H32N4O3S/c1-14(2)30-20(28)18-15(3)24-22-27(11-8-12-31-22)19(18)16-9-7-10-17(13-16)25-21(29)26-23(4,5)6/h7,9-10,13-14,19H,8,11-12H2,1-6H3,(H2,25,26,29). The number of urea groups is 1. The molecular weight excluding hydrogens is 412 g/mol. The maximum absolute atomic E-state index is 13.0. The van der Waals surface area contributed by atoms with Crippen molar-refractivity contribution in [3.05, 3.63) is 41.1 Å². The lowest BCUT2D eigenvalue weighted by Gasteiger charge is -2.40. The number of nitrogens with one attached hydrogen (secondary N) is 2. The van der Waals surface area contributed by atoms with Crippen molar-refractivity contribution in [1.82, 2.24) is 10.2 Å². The molecule has 1 fully saturated rings. The first-order valence-corrected chi connectivity index (χ1v) is 11.6. The molecule has 31 heavy (non-hydrogen) atoms. The first-order valence-electron chi connectivity index (χ1n) is 10.6. The number of aliphatic imine (C=N–C) groups is 1. The number of hydrogen-bond donors (Lipinski definition) is 2. The molecule has 1 unspecified atom stereocenters. The highest BCUT2D eigenvalue weighted by atomic mass is 32.2. The van der Waals surface area contributed by atoms with E-state index in [1.807, 2.05) is 65.8 Å². The number of carbonyl (C=O) groups is 2. The number of carbonyl (C=O) groups excluding carboxylic acids is 2. The fourth-order valence-electron chi connectivity index (χ4n) is 3.64. The molecule has 1 aromatic carbocycles. The van der Waals surface area contributed by atoms with Crippen LogP contribution in [0.2, 0.25) is 0 Å². The van der Waals surface area contributed by atoms with Gasteiger partial charge in [-0.05, 0) is 65.7 Å². The summed E-state index contributed by atoms with van der Waals surface area (Å²) >= 11 is 1.71. The molecule has 7 nitrogen and oxygen atoms in total. The molecule has 1 aromatic rings. The van der Waals surface area contributed by atoms with Crippen LogP contribution in [0.15, 0.2) is 40.5 Å². The Balaban J connectivity index is 1.96. The average Bonchev–Trinajstić information content (AvgIpc) is 2.64. The minimum atomic E-state index is -0.347. The second kappa shape index (κ2) is 9.34. The van der Waals surface area contributed by atoms with E-state index in [1.165, 1.54) is 0 Å². The lowest BCUT2D eigenvalue weighted by atomic mass is 9.94. The normalized spacial score (nSPS) is 19.0. The summed E-state index contributed by atoms with van der Waals surface area (Å²) < 4.78 is 5.56. The highest BCUT2D eigenvalue weighted by molar-refractivity contribution is 8.13. The maximum Gasteiger partial charge on any atom is 0.338 e. The maximum atomic E-state index is 13.0. The number of benzene rings is 1. The van der Waals surface area contributed by atoms with E-state index in [-0.39, 0.29) is 29.7 Å². The number of amides is 2. The Morgan fingerprint density at radius 1 is 1.29 bits per heavy atom. The van der Waals surface area contributed by atoms with Crippen molar-refractivity contribution >= 4 is 34.6 Å². The Morgan fingerprint density at radius 3 is 2.71 bits per heavy atom. The fourth-order valence-corrected chi connectivity index (χ4v) is 4.66. The van der Waals surface area contributed by atoms with Gasteiger partial charge in [0.15, 0.2) is 5.17 Å². The lowest BCUT2D eigenvalue weighted by Crippen LogP contribution is -2.43. The van der Waals surface area contributed by atoms with Gasteiger partial charge in [-0.2, -0.15) is 0 Å². The number of fused-ring (bicyclic) bond motifs is 1. The van der Waals surface area contributed by atoms with Gasteiger partial charge in [0.2, 0.25) is 0 Å². The predicted molar refractivity (Wildman–Crippen MR) is 126 cm³/mol. The summed E-state index contributed by atoms with van der Waals surface area (Å²) in [6.45, 7) is 12.2. The summed E-state index contributed by atoms with van der Waals surface area (Å²) in [6.07, 6.45) is 0.793. The molecule has 3 rings (SSSR count). The third-order valence-electron chi connectivity index (χ3n) is 4.77. The molecule has 2 amide bonds. The van der Waals surface area contributed by atoms with Crippen molar-refractivity contribution in [1.29, 1.82) is 0 Å². The van der Waals surface area contributed by atoms with Crippen LogP contribution in [0, 0.1) is 0 Å². The van der Waals surface area contributed by atoms with Gasteiger partial charge >= 0.3 is 12.0 Å². The Labute approximate surface area is 188 Å². The molecule has 0 aromatic heterocycles. The van der Waals surface area contributed by atoms with E-state index < -0.39 is 0 Å². The Morgan fingerprint density at radius 2 is 2.03 bits per heavy atom. The second-order valence-electron chi connectivity index (χ2n) is 9.10. The third kappa shape index (κ3) is 5.81. The molecule has 168 valence electrons. The Kier molecular flexibility index (Phi) is 6.99. The van der Waals surface area contributed by atoms with Crippen LogP contribution in [0.25, 0.3) is 0 Å². The van der Waals surface area contributed by atoms with E-state index in [0.717, 1.165) is 29.4 Å². The molecule has 8 heteroatoms. The van der Waals surface area contributed by atoms with Gasteiger partial charge < -0.3 is 20.3 Å². The van der Waals surface area contributed by atoms with Crippen molar-refractivity contribution in [2.75, 3.05) is 17.6 Å². The summed E-state index contributed by atoms with van der Waals surface area (Å²) in [4.78, 5) is 32.3. The molecule has 2 N–H and O–H groups in total. The molecule has 1 atom stereocenters. The van der Waals surface area contributed by atoms with Gasteiger partial charge in [-0.15, -0.1) is 0 Å². The van der Waals surface area contributed by atoms with Gasteiger partial charge in [-0.25, -0.2) is 14.6 Å². The first-order chi connectivity index (χ1) is 14.5. The molecule has 0 bridgehead atoms. The van der Waals surface area contributed by atoms with Crippen LogP contribution in [0.1, 0.15) is 59.6 Å². The number of hydrogen-bond acceptors (Lipinski definition) is 6. The topological polar surface area (TPSA) is 83.0 Å². The molecule has 2 aliphatic heterocycles. The number of ether oxygens (including phenoxy) is 1. The monoisotopic (exact) mass is 444 g/mol. The average molecular weight is 445 g/mol. The quantitative estimate of drug-likeness (QED) is 0.659. The summed E-state index contributed by atoms with van der Waals surface area (Å²) in [5, 5.41) is 6.73. The Bertz CT molecular complexity index is 918. The van der Waals surface area contributed by atoms with E-state index in [4.69, 9.17) is 9.73 Å². The number of amidine groups is 1. The molecular formula is C23H32N4O3S. The van der Waals surface area contributed by atoms with Gasteiger partial charge in [-0.1, -0.05) is 23.9 Å². The van der Waals surface area contributed by atoms with Crippen LogP contribution in [-0.2, 0) is 9.53 Å². The number of nitrogens with zero attached hydrogens (tertiary/aromatic N) is 2. The van der Waals surface area contributed by atoms with Crippen LogP contribution in [0.5, 0.6) is 0 Å². The van der Waals surface area contributed by atoms with Gasteiger partial charge in [-0.3, -0.25) is 0 Å². The largest absolute Gasteiger partial charge is 0.459 e. The predicted octanol–water partition coefficient (Wildman–Crippen LogP) is 4.68. The van der Waals surface area contributed by atoms with Gasteiger partial charge in [0.05, 0.1) is 23.4 Å². The number of rotatable bonds is 4. The minimum absolute atomic E-state index is 0.219. The van der Waals surface area contributed by atoms with E-state index in [2.05, 4.69) is 15.5 Å². The zero-order valence-corrected chi connectivity index (χ0v) is 19.9. The van der Waals surface area contributed by atoms with Crippen molar-refractivity contribution in [2.45, 2.75) is 65.6 Å². The molecule has 2 aliphatic rings. The van der Waals surface area contributed by atoms with Crippen molar-refractivity contribution in [3.8, 4) is 0 Å². The SMILES string of the molecule is CC1=C(C(=O)OC(C)C)C(c2cccc(NC(=O)NC(C)(C)C)c2)N2CCCSC2=N1.